The molecule has 2 N–H and O–H groups in total. The molecule has 2 atom stereocenters. The maximum absolute atomic E-state index is 6.19. The van der Waals surface area contributed by atoms with E-state index in [0.29, 0.717) is 19.2 Å². The third kappa shape index (κ3) is 5.84. The van der Waals surface area contributed by atoms with Crippen molar-refractivity contribution in [1.82, 2.24) is 15.5 Å². The number of hydrogen-bond donors (Lipinski definition) is 2. The van der Waals surface area contributed by atoms with E-state index >= 15 is 0 Å². The molecule has 6 heteroatoms. The van der Waals surface area contributed by atoms with Crippen LogP contribution in [0, 0.1) is 12.8 Å². The summed E-state index contributed by atoms with van der Waals surface area (Å²) in [6.07, 6.45) is 3.79. The number of benzene rings is 1. The number of aryl methyl sites for hydroxylation is 1. The molecule has 1 saturated heterocycles. The molecule has 0 bridgehead atoms. The van der Waals surface area contributed by atoms with Crippen LogP contribution in [-0.2, 0) is 11.3 Å². The van der Waals surface area contributed by atoms with Gasteiger partial charge in [0.25, 0.3) is 0 Å². The van der Waals surface area contributed by atoms with Crippen LogP contribution in [0.15, 0.2) is 23.2 Å². The van der Waals surface area contributed by atoms with Crippen LogP contribution in [0.25, 0.3) is 0 Å². The van der Waals surface area contributed by atoms with Crippen molar-refractivity contribution in [1.29, 1.82) is 0 Å². The summed E-state index contributed by atoms with van der Waals surface area (Å²) >= 11 is 0. The highest BCUT2D eigenvalue weighted by molar-refractivity contribution is 5.79. The number of rotatable bonds is 8. The molecule has 27 heavy (non-hydrogen) atoms. The fourth-order valence-corrected chi connectivity index (χ4v) is 3.56. The number of guanidine groups is 1. The Morgan fingerprint density at radius 3 is 2.74 bits per heavy atom. The Morgan fingerprint density at radius 1 is 1.30 bits per heavy atom. The molecule has 3 rings (SSSR count). The average molecular weight is 375 g/mol. The molecule has 1 aliphatic carbocycles. The first kappa shape index (κ1) is 20.0. The number of nitrogens with one attached hydrogen (secondary N) is 2. The molecule has 150 valence electrons. The Kier molecular flexibility index (Phi) is 6.96. The molecule has 0 spiro atoms. The second kappa shape index (κ2) is 9.42. The molecule has 1 heterocycles. The third-order valence-electron chi connectivity index (χ3n) is 5.38. The number of aliphatic imine (C=N–C) groups is 1. The molecule has 1 aromatic rings. The lowest BCUT2D eigenvalue weighted by molar-refractivity contribution is 0.140. The van der Waals surface area contributed by atoms with E-state index in [1.165, 1.54) is 18.4 Å². The normalized spacial score (nSPS) is 21.4. The number of hydrogen-bond acceptors (Lipinski definition) is 4. The van der Waals surface area contributed by atoms with Crippen molar-refractivity contribution >= 4 is 5.96 Å². The highest BCUT2D eigenvalue weighted by atomic mass is 16.5. The molecule has 1 saturated carbocycles. The molecule has 2 unspecified atom stereocenters. The summed E-state index contributed by atoms with van der Waals surface area (Å²) in [5, 5.41) is 6.92. The molecule has 2 aliphatic rings. The molecular weight excluding hydrogens is 340 g/mol. The second-order valence-electron chi connectivity index (χ2n) is 7.89. The van der Waals surface area contributed by atoms with E-state index in [2.05, 4.69) is 59.7 Å². The SMILES string of the molecule is CN=C(NCc1ccc(C)cc1OC1CCOC1)NCC(C1CC1)N(C)C. The summed E-state index contributed by atoms with van der Waals surface area (Å²) < 4.78 is 11.6. The van der Waals surface area contributed by atoms with Gasteiger partial charge in [-0.1, -0.05) is 12.1 Å². The zero-order valence-electron chi connectivity index (χ0n) is 17.1. The quantitative estimate of drug-likeness (QED) is 0.539. The van der Waals surface area contributed by atoms with Gasteiger partial charge in [-0.25, -0.2) is 0 Å². The molecule has 0 amide bonds. The van der Waals surface area contributed by atoms with Gasteiger partial charge in [0.15, 0.2) is 5.96 Å². The Balaban J connectivity index is 1.55. The first-order chi connectivity index (χ1) is 13.1. The van der Waals surface area contributed by atoms with Crippen LogP contribution in [0.2, 0.25) is 0 Å². The summed E-state index contributed by atoms with van der Waals surface area (Å²) in [4.78, 5) is 6.69. The van der Waals surface area contributed by atoms with Crippen LogP contribution in [0.5, 0.6) is 5.75 Å². The molecule has 1 aromatic carbocycles. The van der Waals surface area contributed by atoms with Crippen molar-refractivity contribution in [3.8, 4) is 5.75 Å². The molecule has 2 fully saturated rings. The predicted molar refractivity (Wildman–Crippen MR) is 109 cm³/mol. The Hall–Kier alpha value is -1.79. The fourth-order valence-electron chi connectivity index (χ4n) is 3.56. The van der Waals surface area contributed by atoms with Gasteiger partial charge in [0.05, 0.1) is 13.2 Å². The van der Waals surface area contributed by atoms with Gasteiger partial charge in [-0.3, -0.25) is 4.99 Å². The second-order valence-corrected chi connectivity index (χ2v) is 7.89. The van der Waals surface area contributed by atoms with Crippen molar-refractivity contribution in [2.75, 3.05) is 40.9 Å². The van der Waals surface area contributed by atoms with Crippen LogP contribution < -0.4 is 15.4 Å². The number of ether oxygens (including phenoxy) is 2. The molecule has 1 aliphatic heterocycles. The van der Waals surface area contributed by atoms with Gasteiger partial charge >= 0.3 is 0 Å². The molecule has 6 nitrogen and oxygen atoms in total. The predicted octanol–water partition coefficient (Wildman–Crippen LogP) is 2.17. The van der Waals surface area contributed by atoms with Gasteiger partial charge in [-0.05, 0) is 51.4 Å². The minimum Gasteiger partial charge on any atom is -0.488 e. The van der Waals surface area contributed by atoms with Gasteiger partial charge < -0.3 is 25.0 Å². The van der Waals surface area contributed by atoms with Crippen molar-refractivity contribution < 1.29 is 9.47 Å². The van der Waals surface area contributed by atoms with Crippen LogP contribution in [0.1, 0.15) is 30.4 Å². The third-order valence-corrected chi connectivity index (χ3v) is 5.38. The summed E-state index contributed by atoms with van der Waals surface area (Å²) in [6, 6.07) is 6.93. The summed E-state index contributed by atoms with van der Waals surface area (Å²) in [5.41, 5.74) is 2.34. The van der Waals surface area contributed by atoms with Crippen molar-refractivity contribution in [3.63, 3.8) is 0 Å². The lowest BCUT2D eigenvalue weighted by Crippen LogP contribution is -2.45. The van der Waals surface area contributed by atoms with Gasteiger partial charge in [-0.15, -0.1) is 0 Å². The Labute approximate surface area is 163 Å². The maximum Gasteiger partial charge on any atom is 0.191 e. The molecule has 0 aromatic heterocycles. The highest BCUT2D eigenvalue weighted by Gasteiger charge is 2.32. The van der Waals surface area contributed by atoms with E-state index in [1.807, 2.05) is 7.05 Å². The summed E-state index contributed by atoms with van der Waals surface area (Å²) in [7, 11) is 6.13. The Morgan fingerprint density at radius 2 is 2.11 bits per heavy atom. The van der Waals surface area contributed by atoms with Gasteiger partial charge in [0.1, 0.15) is 11.9 Å². The minimum atomic E-state index is 0.155. The van der Waals surface area contributed by atoms with E-state index in [-0.39, 0.29) is 6.10 Å². The van der Waals surface area contributed by atoms with E-state index in [0.717, 1.165) is 42.8 Å². The van der Waals surface area contributed by atoms with E-state index in [1.54, 1.807) is 0 Å². The number of nitrogens with zero attached hydrogens (tertiary/aromatic N) is 2. The Bertz CT molecular complexity index is 635. The summed E-state index contributed by atoms with van der Waals surface area (Å²) in [5.74, 6) is 2.59. The zero-order valence-corrected chi connectivity index (χ0v) is 17.1. The topological polar surface area (TPSA) is 58.1 Å². The lowest BCUT2D eigenvalue weighted by atomic mass is 10.1. The summed E-state index contributed by atoms with van der Waals surface area (Å²) in [6.45, 7) is 5.15. The monoisotopic (exact) mass is 374 g/mol. The van der Waals surface area contributed by atoms with Gasteiger partial charge in [0.2, 0.25) is 0 Å². The highest BCUT2D eigenvalue weighted by Crippen LogP contribution is 2.34. The maximum atomic E-state index is 6.19. The molecule has 0 radical (unpaired) electrons. The average Bonchev–Trinajstić information content (AvgIpc) is 3.34. The standard InChI is InChI=1S/C21H34N4O2/c1-15-5-6-17(20(11-15)27-18-9-10-26-14-18)12-23-21(22-2)24-13-19(25(3)4)16-7-8-16/h5-6,11,16,18-19H,7-10,12-14H2,1-4H3,(H2,22,23,24). The van der Waals surface area contributed by atoms with E-state index in [9.17, 15) is 0 Å². The van der Waals surface area contributed by atoms with Crippen molar-refractivity contribution in [2.24, 2.45) is 10.9 Å². The number of likely N-dealkylation sites (N-methyl/N-ethyl adjacent to an activating group) is 1. The van der Waals surface area contributed by atoms with Crippen LogP contribution in [0.3, 0.4) is 0 Å². The van der Waals surface area contributed by atoms with E-state index < -0.39 is 0 Å². The first-order valence-corrected chi connectivity index (χ1v) is 10.0. The van der Waals surface area contributed by atoms with Crippen molar-refractivity contribution in [2.45, 2.75) is 44.9 Å². The molecular formula is C21H34N4O2. The smallest absolute Gasteiger partial charge is 0.191 e. The fraction of sp³-hybridized carbons (Fsp3) is 0.667. The largest absolute Gasteiger partial charge is 0.488 e. The van der Waals surface area contributed by atoms with Crippen LogP contribution >= 0.6 is 0 Å². The van der Waals surface area contributed by atoms with Crippen molar-refractivity contribution in [3.05, 3.63) is 29.3 Å². The zero-order chi connectivity index (χ0) is 19.2. The van der Waals surface area contributed by atoms with Gasteiger partial charge in [0, 0.05) is 38.2 Å². The van der Waals surface area contributed by atoms with Gasteiger partial charge in [-0.2, -0.15) is 0 Å². The van der Waals surface area contributed by atoms with Crippen LogP contribution in [0.4, 0.5) is 0 Å². The van der Waals surface area contributed by atoms with Crippen LogP contribution in [-0.4, -0.2) is 63.9 Å². The first-order valence-electron chi connectivity index (χ1n) is 10.0. The lowest BCUT2D eigenvalue weighted by Gasteiger charge is -2.25. The van der Waals surface area contributed by atoms with E-state index in [4.69, 9.17) is 9.47 Å². The minimum absolute atomic E-state index is 0.155.